The Balaban J connectivity index is 1.45. The quantitative estimate of drug-likeness (QED) is 0.286. The lowest BCUT2D eigenvalue weighted by Gasteiger charge is -2.26. The van der Waals surface area contributed by atoms with E-state index in [1.54, 1.807) is 55.8 Å². The van der Waals surface area contributed by atoms with Crippen molar-refractivity contribution in [2.24, 2.45) is 5.73 Å². The number of ketones is 1. The number of benzene rings is 2. The van der Waals surface area contributed by atoms with Gasteiger partial charge in [-0.3, -0.25) is 9.59 Å². The summed E-state index contributed by atoms with van der Waals surface area (Å²) in [4.78, 5) is 30.2. The van der Waals surface area contributed by atoms with E-state index in [2.05, 4.69) is 15.2 Å². The second-order valence-corrected chi connectivity index (χ2v) is 10.9. The second kappa shape index (κ2) is 10.4. The lowest BCUT2D eigenvalue weighted by atomic mass is 9.81. The molecule has 4 aromatic rings. The lowest BCUT2D eigenvalue weighted by Crippen LogP contribution is -2.40. The predicted octanol–water partition coefficient (Wildman–Crippen LogP) is 4.42. The van der Waals surface area contributed by atoms with Crippen LogP contribution >= 0.6 is 11.3 Å². The molecule has 2 aromatic heterocycles. The number of aliphatic hydroxyl groups is 1. The van der Waals surface area contributed by atoms with Crippen molar-refractivity contribution < 1.29 is 28.6 Å². The van der Waals surface area contributed by atoms with E-state index in [4.69, 9.17) is 15.2 Å². The molecule has 1 aliphatic rings. The number of rotatable bonds is 9. The summed E-state index contributed by atoms with van der Waals surface area (Å²) in [5.41, 5.74) is 7.39. The molecule has 0 fully saturated rings. The topological polar surface area (TPSA) is 138 Å². The minimum Gasteiger partial charge on any atom is -0.496 e. The maximum Gasteiger partial charge on any atom is 0.231 e. The van der Waals surface area contributed by atoms with E-state index in [1.807, 2.05) is 0 Å². The highest BCUT2D eigenvalue weighted by Gasteiger charge is 2.45. The van der Waals surface area contributed by atoms with Gasteiger partial charge in [-0.05, 0) is 62.7 Å². The van der Waals surface area contributed by atoms with Crippen molar-refractivity contribution in [2.45, 2.75) is 37.7 Å². The van der Waals surface area contributed by atoms with Gasteiger partial charge in [-0.1, -0.05) is 17.4 Å². The number of methoxy groups -OCH3 is 1. The first kappa shape index (κ1) is 27.4. The summed E-state index contributed by atoms with van der Waals surface area (Å²) in [5, 5.41) is 20.1. The van der Waals surface area contributed by atoms with E-state index >= 15 is 0 Å². The molecule has 0 spiro atoms. The molecule has 11 heteroatoms. The summed E-state index contributed by atoms with van der Waals surface area (Å²) >= 11 is 1.36. The van der Waals surface area contributed by atoms with Crippen molar-refractivity contribution in [3.8, 4) is 33.3 Å². The van der Waals surface area contributed by atoms with Crippen LogP contribution in [0.2, 0.25) is 0 Å². The van der Waals surface area contributed by atoms with E-state index in [0.717, 1.165) is 5.56 Å². The summed E-state index contributed by atoms with van der Waals surface area (Å²) in [7, 11) is 1.51. The fourth-order valence-corrected chi connectivity index (χ4v) is 5.21. The van der Waals surface area contributed by atoms with Crippen LogP contribution < -0.4 is 15.2 Å². The molecule has 1 amide bonds. The van der Waals surface area contributed by atoms with Crippen molar-refractivity contribution in [1.29, 1.82) is 0 Å². The van der Waals surface area contributed by atoms with Crippen LogP contribution in [0.4, 0.5) is 4.39 Å². The maximum absolute atomic E-state index is 13.6. The molecule has 0 bridgehead atoms. The third-order valence-corrected chi connectivity index (χ3v) is 7.96. The van der Waals surface area contributed by atoms with Crippen LogP contribution in [0.15, 0.2) is 54.0 Å². The number of nitrogens with two attached hydrogens (primary N) is 1. The lowest BCUT2D eigenvalue weighted by molar-refractivity contribution is -0.123. The van der Waals surface area contributed by atoms with E-state index in [9.17, 15) is 19.1 Å². The molecule has 0 radical (unpaired) electrons. The molecule has 9 nitrogen and oxygen atoms in total. The van der Waals surface area contributed by atoms with Crippen molar-refractivity contribution in [3.63, 3.8) is 0 Å². The van der Waals surface area contributed by atoms with Gasteiger partial charge in [0.15, 0.2) is 10.8 Å². The van der Waals surface area contributed by atoms with Crippen LogP contribution in [0.1, 0.15) is 48.3 Å². The van der Waals surface area contributed by atoms with E-state index < -0.39 is 22.7 Å². The zero-order valence-corrected chi connectivity index (χ0v) is 22.9. The molecule has 3 N–H and O–H groups in total. The molecule has 2 atom stereocenters. The van der Waals surface area contributed by atoms with Gasteiger partial charge in [-0.25, -0.2) is 9.37 Å². The number of fused-ring (bicyclic) bond motifs is 1. The summed E-state index contributed by atoms with van der Waals surface area (Å²) in [6, 6.07) is 12.4. The first-order valence-corrected chi connectivity index (χ1v) is 13.4. The van der Waals surface area contributed by atoms with Gasteiger partial charge in [0.2, 0.25) is 5.91 Å². The molecule has 0 saturated carbocycles. The van der Waals surface area contributed by atoms with Gasteiger partial charge in [-0.15, -0.1) is 10.2 Å². The minimum atomic E-state index is -1.56. The molecule has 40 heavy (non-hydrogen) atoms. The number of aromatic nitrogens is 3. The summed E-state index contributed by atoms with van der Waals surface area (Å²) in [6.45, 7) is 3.23. The Morgan fingerprint density at radius 2 is 1.98 bits per heavy atom. The molecular formula is C29H27FN4O5S. The molecule has 1 aliphatic heterocycles. The van der Waals surface area contributed by atoms with Gasteiger partial charge in [0.1, 0.15) is 46.1 Å². The number of hydrogen-bond donors (Lipinski definition) is 2. The number of nitrogens with zero attached hydrogens (tertiary/aromatic N) is 3. The van der Waals surface area contributed by atoms with Gasteiger partial charge in [0.25, 0.3) is 0 Å². The molecule has 0 saturated heterocycles. The van der Waals surface area contributed by atoms with Gasteiger partial charge in [-0.2, -0.15) is 0 Å². The molecule has 0 aliphatic carbocycles. The zero-order chi connectivity index (χ0) is 28.7. The SMILES string of the molecule is COc1cc(C(=O)CC[C@](C)(O)c2cc3c(c(-c4ccc(F)cc4)n2)OC[C@]3(C)C(N)=O)ccc1-c1nncs1. The van der Waals surface area contributed by atoms with Crippen LogP contribution in [0.25, 0.3) is 21.8 Å². The largest absolute Gasteiger partial charge is 0.496 e. The second-order valence-electron chi connectivity index (χ2n) is 10.1. The molecule has 0 unspecified atom stereocenters. The summed E-state index contributed by atoms with van der Waals surface area (Å²) < 4.78 is 25.0. The normalized spacial score (nSPS) is 17.5. The highest BCUT2D eigenvalue weighted by atomic mass is 32.1. The van der Waals surface area contributed by atoms with E-state index in [0.29, 0.717) is 38.9 Å². The van der Waals surface area contributed by atoms with E-state index in [1.165, 1.54) is 30.6 Å². The van der Waals surface area contributed by atoms with Crippen molar-refractivity contribution in [1.82, 2.24) is 15.2 Å². The number of ether oxygens (including phenoxy) is 2. The number of hydrogen-bond acceptors (Lipinski definition) is 9. The van der Waals surface area contributed by atoms with Crippen LogP contribution in [-0.4, -0.2) is 45.7 Å². The van der Waals surface area contributed by atoms with Crippen LogP contribution in [0, 0.1) is 5.82 Å². The van der Waals surface area contributed by atoms with Crippen LogP contribution in [0.5, 0.6) is 11.5 Å². The Morgan fingerprint density at radius 1 is 1.23 bits per heavy atom. The number of amides is 1. The summed E-state index contributed by atoms with van der Waals surface area (Å²) in [6.07, 6.45) is 0.0393. The smallest absolute Gasteiger partial charge is 0.231 e. The fourth-order valence-electron chi connectivity index (χ4n) is 4.63. The number of carbonyl (C=O) groups excluding carboxylic acids is 2. The highest BCUT2D eigenvalue weighted by molar-refractivity contribution is 7.12. The van der Waals surface area contributed by atoms with Gasteiger partial charge in [0, 0.05) is 23.1 Å². The summed E-state index contributed by atoms with van der Waals surface area (Å²) in [5.74, 6) is -0.366. The Morgan fingerprint density at radius 3 is 2.62 bits per heavy atom. The number of halogens is 1. The zero-order valence-electron chi connectivity index (χ0n) is 22.1. The van der Waals surface area contributed by atoms with Gasteiger partial charge >= 0.3 is 0 Å². The third-order valence-electron chi connectivity index (χ3n) is 7.24. The van der Waals surface area contributed by atoms with Crippen molar-refractivity contribution in [2.75, 3.05) is 13.7 Å². The van der Waals surface area contributed by atoms with Crippen molar-refractivity contribution >= 4 is 23.0 Å². The number of pyridine rings is 1. The Labute approximate surface area is 233 Å². The molecule has 5 rings (SSSR count). The number of Topliss-reactive ketones (excluding diaryl/α,β-unsaturated/α-hetero) is 1. The van der Waals surface area contributed by atoms with E-state index in [-0.39, 0.29) is 30.9 Å². The Hall–Kier alpha value is -4.22. The molecule has 206 valence electrons. The fraction of sp³-hybridized carbons (Fsp3) is 0.276. The Kier molecular flexibility index (Phi) is 7.11. The molecule has 3 heterocycles. The first-order valence-electron chi connectivity index (χ1n) is 12.5. The highest BCUT2D eigenvalue weighted by Crippen LogP contribution is 2.46. The van der Waals surface area contributed by atoms with Crippen molar-refractivity contribution in [3.05, 3.63) is 76.7 Å². The standard InChI is InChI=1S/C29H27FN4O5S/c1-28(27(31)36)14-39-25-20(28)13-23(33-24(25)16-4-7-18(30)8-5-16)29(2,37)11-10-21(35)17-6-9-19(22(12-17)38-3)26-34-32-15-40-26/h4-9,12-13,15,37H,10-11,14H2,1-3H3,(H2,31,36)/t28-,29-/m0/s1. The van der Waals surface area contributed by atoms with Gasteiger partial charge < -0.3 is 20.3 Å². The monoisotopic (exact) mass is 562 g/mol. The molecule has 2 aromatic carbocycles. The third kappa shape index (κ3) is 4.93. The maximum atomic E-state index is 13.6. The predicted molar refractivity (Wildman–Crippen MR) is 147 cm³/mol. The molecular weight excluding hydrogens is 535 g/mol. The first-order chi connectivity index (χ1) is 19.0. The minimum absolute atomic E-state index is 0.00252. The van der Waals surface area contributed by atoms with Crippen LogP contribution in [-0.2, 0) is 15.8 Å². The number of primary amides is 1. The number of carbonyl (C=O) groups is 2. The van der Waals surface area contributed by atoms with Gasteiger partial charge in [0.05, 0.1) is 18.4 Å². The average Bonchev–Trinajstić information content (AvgIpc) is 3.60. The Bertz CT molecular complexity index is 1590. The average molecular weight is 563 g/mol. The van der Waals surface area contributed by atoms with Crippen LogP contribution in [0.3, 0.4) is 0 Å².